The first-order chi connectivity index (χ1) is 7.24. The highest BCUT2D eigenvalue weighted by atomic mass is 16.7. The van der Waals surface area contributed by atoms with Crippen molar-refractivity contribution in [2.75, 3.05) is 14.2 Å². The smallest absolute Gasteiger partial charge is 0.156 e. The Bertz CT molecular complexity index is 181. The van der Waals surface area contributed by atoms with Crippen LogP contribution in [0, 0.1) is 5.92 Å². The van der Waals surface area contributed by atoms with E-state index in [1.165, 1.54) is 0 Å². The molecule has 0 saturated carbocycles. The summed E-state index contributed by atoms with van der Waals surface area (Å²) in [5, 5.41) is 0. The summed E-state index contributed by atoms with van der Waals surface area (Å²) >= 11 is 0. The van der Waals surface area contributed by atoms with Crippen molar-refractivity contribution in [2.24, 2.45) is 5.92 Å². The Hall–Kier alpha value is -0.600. The molecule has 88 valence electrons. The zero-order chi connectivity index (χ0) is 11.5. The molecule has 2 heteroatoms. The molecule has 0 N–H and O–H groups in total. The van der Waals surface area contributed by atoms with E-state index in [2.05, 4.69) is 25.2 Å². The van der Waals surface area contributed by atoms with Crippen LogP contribution in [0.1, 0.15) is 33.1 Å². The van der Waals surface area contributed by atoms with Gasteiger partial charge in [-0.25, -0.2) is 0 Å². The van der Waals surface area contributed by atoms with Crippen LogP contribution in [0.3, 0.4) is 0 Å². The Labute approximate surface area is 94.0 Å². The van der Waals surface area contributed by atoms with Crippen molar-refractivity contribution in [3.8, 4) is 0 Å². The van der Waals surface area contributed by atoms with Crippen molar-refractivity contribution in [1.29, 1.82) is 0 Å². The van der Waals surface area contributed by atoms with E-state index in [9.17, 15) is 0 Å². The lowest BCUT2D eigenvalue weighted by atomic mass is 10.0. The van der Waals surface area contributed by atoms with Gasteiger partial charge in [0, 0.05) is 14.2 Å². The summed E-state index contributed by atoms with van der Waals surface area (Å²) in [6.07, 6.45) is 11.6. The maximum atomic E-state index is 5.14. The minimum atomic E-state index is -0.0491. The minimum absolute atomic E-state index is 0.0491. The lowest BCUT2D eigenvalue weighted by Crippen LogP contribution is -2.13. The van der Waals surface area contributed by atoms with Gasteiger partial charge in [-0.05, 0) is 32.1 Å². The lowest BCUT2D eigenvalue weighted by Gasteiger charge is -2.15. The fourth-order valence-electron chi connectivity index (χ4n) is 1.37. The number of rotatable bonds is 8. The van der Waals surface area contributed by atoms with Crippen molar-refractivity contribution in [3.05, 3.63) is 24.3 Å². The Morgan fingerprint density at radius 2 is 1.73 bits per heavy atom. The fourth-order valence-corrected chi connectivity index (χ4v) is 1.37. The SMILES string of the molecule is C/C=C/C=C/C[C@H](C)CCC(OC)OC. The molecule has 0 aromatic heterocycles. The van der Waals surface area contributed by atoms with Gasteiger partial charge in [-0.1, -0.05) is 31.2 Å². The quantitative estimate of drug-likeness (QED) is 0.452. The second-order valence-corrected chi connectivity index (χ2v) is 3.77. The van der Waals surface area contributed by atoms with Gasteiger partial charge in [0.1, 0.15) is 0 Å². The second kappa shape index (κ2) is 9.94. The normalized spacial score (nSPS) is 14.5. The third-order valence-electron chi connectivity index (χ3n) is 2.40. The number of allylic oxidation sites excluding steroid dienone is 4. The van der Waals surface area contributed by atoms with E-state index in [1.807, 2.05) is 13.0 Å². The molecule has 0 spiro atoms. The van der Waals surface area contributed by atoms with Crippen molar-refractivity contribution < 1.29 is 9.47 Å². The zero-order valence-corrected chi connectivity index (χ0v) is 10.4. The molecule has 0 aliphatic heterocycles. The molecule has 0 aliphatic carbocycles. The van der Waals surface area contributed by atoms with E-state index in [0.29, 0.717) is 5.92 Å². The molecule has 0 aromatic rings. The summed E-state index contributed by atoms with van der Waals surface area (Å²) in [6, 6.07) is 0. The van der Waals surface area contributed by atoms with E-state index >= 15 is 0 Å². The van der Waals surface area contributed by atoms with E-state index in [4.69, 9.17) is 9.47 Å². The fraction of sp³-hybridized carbons (Fsp3) is 0.692. The maximum Gasteiger partial charge on any atom is 0.156 e. The summed E-state index contributed by atoms with van der Waals surface area (Å²) in [4.78, 5) is 0. The molecule has 0 rings (SSSR count). The number of ether oxygens (including phenoxy) is 2. The molecule has 0 aromatic carbocycles. The lowest BCUT2D eigenvalue weighted by molar-refractivity contribution is -0.108. The van der Waals surface area contributed by atoms with Crippen LogP contribution in [-0.2, 0) is 9.47 Å². The first kappa shape index (κ1) is 14.4. The van der Waals surface area contributed by atoms with Crippen LogP contribution in [0.25, 0.3) is 0 Å². The average Bonchev–Trinajstić information content (AvgIpc) is 2.26. The molecule has 0 heterocycles. The molecule has 0 amide bonds. The van der Waals surface area contributed by atoms with Crippen LogP contribution in [0.4, 0.5) is 0 Å². The molecule has 2 nitrogen and oxygen atoms in total. The van der Waals surface area contributed by atoms with Crippen LogP contribution < -0.4 is 0 Å². The molecule has 0 saturated heterocycles. The van der Waals surface area contributed by atoms with Gasteiger partial charge < -0.3 is 9.47 Å². The highest BCUT2D eigenvalue weighted by molar-refractivity contribution is 5.01. The monoisotopic (exact) mass is 212 g/mol. The second-order valence-electron chi connectivity index (χ2n) is 3.77. The number of hydrogen-bond donors (Lipinski definition) is 0. The van der Waals surface area contributed by atoms with Crippen LogP contribution >= 0.6 is 0 Å². The number of hydrogen-bond acceptors (Lipinski definition) is 2. The van der Waals surface area contributed by atoms with Crippen molar-refractivity contribution in [3.63, 3.8) is 0 Å². The largest absolute Gasteiger partial charge is 0.356 e. The molecular weight excluding hydrogens is 188 g/mol. The molecule has 0 radical (unpaired) electrons. The summed E-state index contributed by atoms with van der Waals surface area (Å²) < 4.78 is 10.3. The van der Waals surface area contributed by atoms with Gasteiger partial charge >= 0.3 is 0 Å². The molecule has 0 unspecified atom stereocenters. The first-order valence-electron chi connectivity index (χ1n) is 5.58. The third-order valence-corrected chi connectivity index (χ3v) is 2.40. The Morgan fingerprint density at radius 3 is 2.27 bits per heavy atom. The molecule has 0 fully saturated rings. The van der Waals surface area contributed by atoms with Gasteiger partial charge in [-0.15, -0.1) is 0 Å². The highest BCUT2D eigenvalue weighted by Gasteiger charge is 2.07. The van der Waals surface area contributed by atoms with Gasteiger partial charge in [0.2, 0.25) is 0 Å². The van der Waals surface area contributed by atoms with Gasteiger partial charge in [0.15, 0.2) is 6.29 Å². The number of methoxy groups -OCH3 is 2. The first-order valence-corrected chi connectivity index (χ1v) is 5.58. The summed E-state index contributed by atoms with van der Waals surface area (Å²) in [5.74, 6) is 0.680. The van der Waals surface area contributed by atoms with Gasteiger partial charge in [-0.3, -0.25) is 0 Å². The highest BCUT2D eigenvalue weighted by Crippen LogP contribution is 2.14. The van der Waals surface area contributed by atoms with Gasteiger partial charge in [-0.2, -0.15) is 0 Å². The molecule has 1 atom stereocenters. The standard InChI is InChI=1S/C13H24O2/c1-5-6-7-8-9-12(2)10-11-13(14-3)15-4/h5-8,12-13H,9-11H2,1-4H3/b6-5+,8-7+/t12-/m0/s1. The molecule has 15 heavy (non-hydrogen) atoms. The van der Waals surface area contributed by atoms with Gasteiger partial charge in [0.25, 0.3) is 0 Å². The Balaban J connectivity index is 3.60. The minimum Gasteiger partial charge on any atom is -0.356 e. The van der Waals surface area contributed by atoms with Crippen LogP contribution in [0.15, 0.2) is 24.3 Å². The third kappa shape index (κ3) is 8.40. The Morgan fingerprint density at radius 1 is 1.07 bits per heavy atom. The summed E-state index contributed by atoms with van der Waals surface area (Å²) in [7, 11) is 3.37. The molecular formula is C13H24O2. The van der Waals surface area contributed by atoms with Crippen LogP contribution in [0.5, 0.6) is 0 Å². The predicted molar refractivity (Wildman–Crippen MR) is 64.8 cm³/mol. The molecule has 0 aliphatic rings. The topological polar surface area (TPSA) is 18.5 Å². The molecule has 0 bridgehead atoms. The van der Waals surface area contributed by atoms with E-state index in [0.717, 1.165) is 19.3 Å². The van der Waals surface area contributed by atoms with Crippen molar-refractivity contribution >= 4 is 0 Å². The Kier molecular flexibility index (Phi) is 9.54. The van der Waals surface area contributed by atoms with Gasteiger partial charge in [0.05, 0.1) is 0 Å². The van der Waals surface area contributed by atoms with E-state index in [1.54, 1.807) is 14.2 Å². The van der Waals surface area contributed by atoms with Crippen LogP contribution in [-0.4, -0.2) is 20.5 Å². The van der Waals surface area contributed by atoms with E-state index in [-0.39, 0.29) is 6.29 Å². The van der Waals surface area contributed by atoms with Crippen LogP contribution in [0.2, 0.25) is 0 Å². The average molecular weight is 212 g/mol. The predicted octanol–water partition coefficient (Wildman–Crippen LogP) is 3.54. The summed E-state index contributed by atoms with van der Waals surface area (Å²) in [5.41, 5.74) is 0. The van der Waals surface area contributed by atoms with Crippen molar-refractivity contribution in [2.45, 2.75) is 39.4 Å². The zero-order valence-electron chi connectivity index (χ0n) is 10.4. The summed E-state index contributed by atoms with van der Waals surface area (Å²) in [6.45, 7) is 4.28. The van der Waals surface area contributed by atoms with E-state index < -0.39 is 0 Å². The van der Waals surface area contributed by atoms with Crippen molar-refractivity contribution in [1.82, 2.24) is 0 Å². The maximum absolute atomic E-state index is 5.14.